The summed E-state index contributed by atoms with van der Waals surface area (Å²) in [5.74, 6) is 0.727. The van der Waals surface area contributed by atoms with Gasteiger partial charge in [0.15, 0.2) is 5.11 Å². The Morgan fingerprint density at radius 2 is 2.20 bits per heavy atom. The van der Waals surface area contributed by atoms with Crippen LogP contribution in [-0.2, 0) is 4.74 Å². The Hall–Kier alpha value is -1.80. The average molecular weight is 294 g/mol. The minimum absolute atomic E-state index is 0.132. The number of nitrogens with two attached hydrogens (primary N) is 1. The summed E-state index contributed by atoms with van der Waals surface area (Å²) >= 11 is 4.71. The number of rotatable bonds is 3. The molecule has 0 unspecified atom stereocenters. The zero-order valence-corrected chi connectivity index (χ0v) is 12.4. The molecule has 1 aliphatic rings. The summed E-state index contributed by atoms with van der Waals surface area (Å²) in [6.07, 6.45) is 1.77. The first-order valence-electron chi connectivity index (χ1n) is 6.34. The van der Waals surface area contributed by atoms with Gasteiger partial charge in [0.1, 0.15) is 0 Å². The number of anilines is 1. The lowest BCUT2D eigenvalue weighted by Gasteiger charge is -2.27. The number of nitrogens with zero attached hydrogens (tertiary/aromatic N) is 4. The van der Waals surface area contributed by atoms with Crippen LogP contribution in [0, 0.1) is 6.92 Å². The van der Waals surface area contributed by atoms with Crippen LogP contribution >= 0.6 is 12.2 Å². The summed E-state index contributed by atoms with van der Waals surface area (Å²) in [4.78, 5) is 11.0. The molecule has 0 radical (unpaired) electrons. The highest BCUT2D eigenvalue weighted by molar-refractivity contribution is 7.80. The van der Waals surface area contributed by atoms with Crippen LogP contribution in [0.15, 0.2) is 11.3 Å². The summed E-state index contributed by atoms with van der Waals surface area (Å²) < 4.78 is 5.32. The lowest BCUT2D eigenvalue weighted by molar-refractivity contribution is 0.122. The highest BCUT2D eigenvalue weighted by atomic mass is 32.1. The SMILES string of the molecule is C/C(=N/NC(N)=S)c1cnc(N2CCOCC2)nc1C. The molecular weight excluding hydrogens is 276 g/mol. The van der Waals surface area contributed by atoms with Crippen molar-refractivity contribution in [2.75, 3.05) is 31.2 Å². The maximum atomic E-state index is 5.34. The van der Waals surface area contributed by atoms with Crippen molar-refractivity contribution in [2.45, 2.75) is 13.8 Å². The third-order valence-corrected chi connectivity index (χ3v) is 3.08. The molecule has 1 aromatic rings. The second-order valence-corrected chi connectivity index (χ2v) is 4.88. The van der Waals surface area contributed by atoms with Crippen molar-refractivity contribution in [1.82, 2.24) is 15.4 Å². The fourth-order valence-electron chi connectivity index (χ4n) is 1.92. The fourth-order valence-corrected chi connectivity index (χ4v) is 1.97. The van der Waals surface area contributed by atoms with Crippen LogP contribution in [0.2, 0.25) is 0 Å². The van der Waals surface area contributed by atoms with E-state index in [1.807, 2.05) is 13.8 Å². The maximum absolute atomic E-state index is 5.34. The molecule has 0 aliphatic carbocycles. The zero-order chi connectivity index (χ0) is 14.5. The van der Waals surface area contributed by atoms with E-state index in [4.69, 9.17) is 22.7 Å². The summed E-state index contributed by atoms with van der Waals surface area (Å²) in [6.45, 7) is 6.83. The monoisotopic (exact) mass is 294 g/mol. The molecule has 0 aromatic carbocycles. The second-order valence-electron chi connectivity index (χ2n) is 4.44. The summed E-state index contributed by atoms with van der Waals surface area (Å²) in [5, 5.41) is 4.22. The van der Waals surface area contributed by atoms with E-state index in [9.17, 15) is 0 Å². The Labute approximate surface area is 123 Å². The van der Waals surface area contributed by atoms with Crippen LogP contribution < -0.4 is 16.1 Å². The van der Waals surface area contributed by atoms with E-state index >= 15 is 0 Å². The smallest absolute Gasteiger partial charge is 0.225 e. The lowest BCUT2D eigenvalue weighted by atomic mass is 10.2. The van der Waals surface area contributed by atoms with Crippen LogP contribution in [0.3, 0.4) is 0 Å². The van der Waals surface area contributed by atoms with Gasteiger partial charge < -0.3 is 15.4 Å². The minimum Gasteiger partial charge on any atom is -0.378 e. The number of aryl methyl sites for hydroxylation is 1. The van der Waals surface area contributed by atoms with Gasteiger partial charge in [-0.15, -0.1) is 0 Å². The van der Waals surface area contributed by atoms with Crippen molar-refractivity contribution < 1.29 is 4.74 Å². The van der Waals surface area contributed by atoms with E-state index in [0.29, 0.717) is 13.2 Å². The van der Waals surface area contributed by atoms with Gasteiger partial charge in [-0.3, -0.25) is 5.43 Å². The molecule has 0 bridgehead atoms. The van der Waals surface area contributed by atoms with Crippen LogP contribution in [-0.4, -0.2) is 47.1 Å². The van der Waals surface area contributed by atoms with Crippen molar-refractivity contribution in [3.8, 4) is 0 Å². The molecule has 1 aliphatic heterocycles. The Bertz CT molecular complexity index is 527. The molecule has 3 N–H and O–H groups in total. The molecule has 0 amide bonds. The van der Waals surface area contributed by atoms with E-state index in [-0.39, 0.29) is 5.11 Å². The van der Waals surface area contributed by atoms with E-state index < -0.39 is 0 Å². The molecule has 7 nitrogen and oxygen atoms in total. The third kappa shape index (κ3) is 3.61. The molecule has 1 aromatic heterocycles. The Kier molecular flexibility index (Phi) is 4.80. The number of hydrazone groups is 1. The van der Waals surface area contributed by atoms with E-state index in [1.54, 1.807) is 6.20 Å². The second kappa shape index (κ2) is 6.58. The Morgan fingerprint density at radius 1 is 1.50 bits per heavy atom. The molecule has 1 saturated heterocycles. The first-order valence-corrected chi connectivity index (χ1v) is 6.75. The fraction of sp³-hybridized carbons (Fsp3) is 0.500. The highest BCUT2D eigenvalue weighted by Crippen LogP contribution is 2.13. The number of nitrogens with one attached hydrogen (secondary N) is 1. The summed E-state index contributed by atoms with van der Waals surface area (Å²) in [7, 11) is 0. The molecule has 0 atom stereocenters. The number of ether oxygens (including phenoxy) is 1. The molecule has 108 valence electrons. The normalized spacial score (nSPS) is 16.1. The van der Waals surface area contributed by atoms with Gasteiger partial charge >= 0.3 is 0 Å². The van der Waals surface area contributed by atoms with Gasteiger partial charge in [0.2, 0.25) is 5.95 Å². The number of morpholine rings is 1. The number of hydrogen-bond acceptors (Lipinski definition) is 6. The van der Waals surface area contributed by atoms with Crippen LogP contribution in [0.5, 0.6) is 0 Å². The van der Waals surface area contributed by atoms with Crippen molar-refractivity contribution in [3.63, 3.8) is 0 Å². The Balaban J connectivity index is 2.16. The molecule has 20 heavy (non-hydrogen) atoms. The molecule has 0 saturated carbocycles. The molecule has 1 fully saturated rings. The first-order chi connectivity index (χ1) is 9.58. The van der Waals surface area contributed by atoms with E-state index in [0.717, 1.165) is 36.0 Å². The van der Waals surface area contributed by atoms with Crippen molar-refractivity contribution >= 4 is 29.0 Å². The maximum Gasteiger partial charge on any atom is 0.225 e. The van der Waals surface area contributed by atoms with Crippen molar-refractivity contribution in [1.29, 1.82) is 0 Å². The number of hydrogen-bond donors (Lipinski definition) is 2. The van der Waals surface area contributed by atoms with Gasteiger partial charge in [-0.25, -0.2) is 9.97 Å². The predicted molar refractivity (Wildman–Crippen MR) is 81.9 cm³/mol. The Morgan fingerprint density at radius 3 is 2.80 bits per heavy atom. The van der Waals surface area contributed by atoms with Crippen molar-refractivity contribution in [2.24, 2.45) is 10.8 Å². The predicted octanol–water partition coefficient (Wildman–Crippen LogP) is 0.179. The largest absolute Gasteiger partial charge is 0.378 e. The van der Waals surface area contributed by atoms with E-state index in [2.05, 4.69) is 25.4 Å². The molecule has 2 heterocycles. The average Bonchev–Trinajstić information content (AvgIpc) is 2.45. The molecule has 0 spiro atoms. The number of aromatic nitrogens is 2. The van der Waals surface area contributed by atoms with Gasteiger partial charge in [-0.2, -0.15) is 5.10 Å². The van der Waals surface area contributed by atoms with Crippen LogP contribution in [0.25, 0.3) is 0 Å². The van der Waals surface area contributed by atoms with Gasteiger partial charge in [-0.05, 0) is 26.1 Å². The topological polar surface area (TPSA) is 88.7 Å². The third-order valence-electron chi connectivity index (χ3n) is 2.98. The molecule has 8 heteroatoms. The zero-order valence-electron chi connectivity index (χ0n) is 11.6. The van der Waals surface area contributed by atoms with Crippen LogP contribution in [0.1, 0.15) is 18.2 Å². The van der Waals surface area contributed by atoms with Gasteiger partial charge in [0.05, 0.1) is 24.6 Å². The number of thiocarbonyl (C=S) groups is 1. The van der Waals surface area contributed by atoms with E-state index in [1.165, 1.54) is 0 Å². The minimum atomic E-state index is 0.132. The van der Waals surface area contributed by atoms with Crippen molar-refractivity contribution in [3.05, 3.63) is 17.5 Å². The molecular formula is C12H18N6OS. The molecule has 2 rings (SSSR count). The summed E-state index contributed by atoms with van der Waals surface area (Å²) in [6, 6.07) is 0. The first kappa shape index (κ1) is 14.6. The lowest BCUT2D eigenvalue weighted by Crippen LogP contribution is -2.37. The standard InChI is InChI=1S/C12H18N6OS/c1-8-10(9(2)16-17-11(13)20)7-14-12(15-8)18-3-5-19-6-4-18/h7H,3-6H2,1-2H3,(H3,13,17,20)/b16-9-. The quantitative estimate of drug-likeness (QED) is 0.467. The summed E-state index contributed by atoms with van der Waals surface area (Å²) in [5.41, 5.74) is 10.4. The van der Waals surface area contributed by atoms with Gasteiger partial charge in [0.25, 0.3) is 0 Å². The van der Waals surface area contributed by atoms with Crippen LogP contribution in [0.4, 0.5) is 5.95 Å². The van der Waals surface area contributed by atoms with Gasteiger partial charge in [0, 0.05) is 24.8 Å². The highest BCUT2D eigenvalue weighted by Gasteiger charge is 2.15. The van der Waals surface area contributed by atoms with Gasteiger partial charge in [-0.1, -0.05) is 0 Å².